The molecule has 1 aliphatic heterocycles. The van der Waals surface area contributed by atoms with Crippen molar-refractivity contribution >= 4 is 23.4 Å². The molecule has 3 rings (SSSR count). The number of amides is 3. The quantitative estimate of drug-likeness (QED) is 0.725. The van der Waals surface area contributed by atoms with Crippen molar-refractivity contribution in [3.63, 3.8) is 0 Å². The maximum Gasteiger partial charge on any atom is 0.317 e. The molecule has 1 atom stereocenters. The van der Waals surface area contributed by atoms with Crippen molar-refractivity contribution in [1.29, 1.82) is 0 Å². The van der Waals surface area contributed by atoms with E-state index in [0.29, 0.717) is 31.6 Å². The van der Waals surface area contributed by atoms with Crippen molar-refractivity contribution in [1.82, 2.24) is 10.2 Å². The fraction of sp³-hybridized carbons (Fsp3) is 0.375. The number of Topliss-reactive ketones (excluding diaryl/α,β-unsaturated/α-hetero) is 1. The molecule has 158 valence electrons. The van der Waals surface area contributed by atoms with Gasteiger partial charge in [-0.1, -0.05) is 42.0 Å². The molecule has 1 heterocycles. The lowest BCUT2D eigenvalue weighted by atomic mass is 9.89. The van der Waals surface area contributed by atoms with Gasteiger partial charge in [0.2, 0.25) is 5.91 Å². The van der Waals surface area contributed by atoms with Crippen molar-refractivity contribution in [3.8, 4) is 0 Å². The van der Waals surface area contributed by atoms with E-state index >= 15 is 0 Å². The van der Waals surface area contributed by atoms with Crippen LogP contribution in [0.4, 0.5) is 10.5 Å². The van der Waals surface area contributed by atoms with Crippen LogP contribution in [-0.2, 0) is 4.79 Å². The number of anilines is 1. The molecule has 0 aliphatic carbocycles. The number of piperidine rings is 1. The Hall–Kier alpha value is -3.15. The molecule has 0 spiro atoms. The number of aryl methyl sites for hydroxylation is 1. The van der Waals surface area contributed by atoms with Crippen LogP contribution in [0.3, 0.4) is 0 Å². The van der Waals surface area contributed by atoms with Gasteiger partial charge < -0.3 is 15.5 Å². The monoisotopic (exact) mass is 407 g/mol. The van der Waals surface area contributed by atoms with Gasteiger partial charge in [-0.15, -0.1) is 0 Å². The molecule has 6 nitrogen and oxygen atoms in total. The molecule has 1 aliphatic rings. The first kappa shape index (κ1) is 21.6. The molecule has 1 saturated heterocycles. The van der Waals surface area contributed by atoms with Crippen LogP contribution in [0.15, 0.2) is 48.5 Å². The van der Waals surface area contributed by atoms with E-state index in [0.717, 1.165) is 16.7 Å². The zero-order valence-corrected chi connectivity index (χ0v) is 17.8. The fourth-order valence-electron chi connectivity index (χ4n) is 3.75. The first-order chi connectivity index (χ1) is 14.3. The molecule has 2 aromatic carbocycles. The van der Waals surface area contributed by atoms with Crippen LogP contribution in [-0.4, -0.2) is 35.7 Å². The van der Waals surface area contributed by atoms with Crippen molar-refractivity contribution in [2.45, 2.75) is 39.7 Å². The summed E-state index contributed by atoms with van der Waals surface area (Å²) >= 11 is 0. The highest BCUT2D eigenvalue weighted by Gasteiger charge is 2.28. The zero-order valence-electron chi connectivity index (χ0n) is 17.8. The Bertz CT molecular complexity index is 916. The van der Waals surface area contributed by atoms with Crippen LogP contribution in [0.5, 0.6) is 0 Å². The predicted octanol–water partition coefficient (Wildman–Crippen LogP) is 4.32. The highest BCUT2D eigenvalue weighted by atomic mass is 16.2. The smallest absolute Gasteiger partial charge is 0.317 e. The van der Waals surface area contributed by atoms with E-state index in [4.69, 9.17) is 0 Å². The van der Waals surface area contributed by atoms with Gasteiger partial charge in [0, 0.05) is 37.2 Å². The maximum atomic E-state index is 12.7. The number of urea groups is 1. The van der Waals surface area contributed by atoms with E-state index in [-0.39, 0.29) is 29.7 Å². The number of nitrogens with zero attached hydrogens (tertiary/aromatic N) is 1. The number of carbonyl (C=O) groups is 3. The summed E-state index contributed by atoms with van der Waals surface area (Å²) in [5.74, 6) is -0.00590. The van der Waals surface area contributed by atoms with Gasteiger partial charge in [-0.05, 0) is 44.4 Å². The first-order valence-corrected chi connectivity index (χ1v) is 10.4. The second-order valence-corrected chi connectivity index (χ2v) is 7.97. The number of rotatable bonds is 5. The SMILES string of the molecule is CC(=O)Nc1cccc(C(C)NC(=O)N2CCC(C(=O)c3ccc(C)cc3)CC2)c1. The second kappa shape index (κ2) is 9.57. The average molecular weight is 408 g/mol. The molecule has 30 heavy (non-hydrogen) atoms. The lowest BCUT2D eigenvalue weighted by Gasteiger charge is -2.32. The minimum Gasteiger partial charge on any atom is -0.331 e. The number of likely N-dealkylation sites (tertiary alicyclic amines) is 1. The Kier molecular flexibility index (Phi) is 6.87. The van der Waals surface area contributed by atoms with Crippen LogP contribution < -0.4 is 10.6 Å². The molecular formula is C24H29N3O3. The summed E-state index contributed by atoms with van der Waals surface area (Å²) in [6.07, 6.45) is 1.35. The third-order valence-electron chi connectivity index (χ3n) is 5.54. The van der Waals surface area contributed by atoms with E-state index in [9.17, 15) is 14.4 Å². The summed E-state index contributed by atoms with van der Waals surface area (Å²) in [6, 6.07) is 14.8. The molecule has 0 aromatic heterocycles. The van der Waals surface area contributed by atoms with Crippen LogP contribution in [0.1, 0.15) is 54.2 Å². The van der Waals surface area contributed by atoms with Gasteiger partial charge >= 0.3 is 6.03 Å². The minimum atomic E-state index is -0.196. The lowest BCUT2D eigenvalue weighted by Crippen LogP contribution is -2.46. The molecule has 0 saturated carbocycles. The predicted molar refractivity (Wildman–Crippen MR) is 117 cm³/mol. The molecule has 2 aromatic rings. The molecule has 2 N–H and O–H groups in total. The molecule has 1 unspecified atom stereocenters. The van der Waals surface area contributed by atoms with Gasteiger partial charge in [0.1, 0.15) is 0 Å². The van der Waals surface area contributed by atoms with Gasteiger partial charge in [-0.2, -0.15) is 0 Å². The number of hydrogen-bond acceptors (Lipinski definition) is 3. The van der Waals surface area contributed by atoms with E-state index in [2.05, 4.69) is 10.6 Å². The van der Waals surface area contributed by atoms with Crippen LogP contribution >= 0.6 is 0 Å². The fourth-order valence-corrected chi connectivity index (χ4v) is 3.75. The normalized spacial score (nSPS) is 15.4. The van der Waals surface area contributed by atoms with Crippen LogP contribution in [0.25, 0.3) is 0 Å². The molecule has 0 bridgehead atoms. The standard InChI is InChI=1S/C24H29N3O3/c1-16-7-9-19(10-8-16)23(29)20-11-13-27(14-12-20)24(30)25-17(2)21-5-4-6-22(15-21)26-18(3)28/h4-10,15,17,20H,11-14H2,1-3H3,(H,25,30)(H,26,28). The summed E-state index contributed by atoms with van der Waals surface area (Å²) in [4.78, 5) is 38.4. The summed E-state index contributed by atoms with van der Waals surface area (Å²) in [5, 5.41) is 5.77. The molecule has 0 radical (unpaired) electrons. The zero-order chi connectivity index (χ0) is 21.7. The molecule has 1 fully saturated rings. The highest BCUT2D eigenvalue weighted by molar-refractivity contribution is 5.98. The number of carbonyl (C=O) groups excluding carboxylic acids is 3. The van der Waals surface area contributed by atoms with E-state index in [1.54, 1.807) is 4.90 Å². The van der Waals surface area contributed by atoms with Crippen LogP contribution in [0.2, 0.25) is 0 Å². The highest BCUT2D eigenvalue weighted by Crippen LogP contribution is 2.23. The van der Waals surface area contributed by atoms with Crippen LogP contribution in [0, 0.1) is 12.8 Å². The summed E-state index contributed by atoms with van der Waals surface area (Å²) in [6.45, 7) is 6.51. The maximum absolute atomic E-state index is 12.7. The van der Waals surface area contributed by atoms with Gasteiger partial charge in [0.25, 0.3) is 0 Å². The van der Waals surface area contributed by atoms with E-state index < -0.39 is 0 Å². The van der Waals surface area contributed by atoms with Crippen molar-refractivity contribution in [2.24, 2.45) is 5.92 Å². The number of nitrogens with one attached hydrogen (secondary N) is 2. The van der Waals surface area contributed by atoms with Gasteiger partial charge in [0.15, 0.2) is 5.78 Å². The third kappa shape index (κ3) is 5.47. The summed E-state index contributed by atoms with van der Waals surface area (Å²) < 4.78 is 0. The summed E-state index contributed by atoms with van der Waals surface area (Å²) in [7, 11) is 0. The van der Waals surface area contributed by atoms with E-state index in [1.807, 2.05) is 62.4 Å². The van der Waals surface area contributed by atoms with Gasteiger partial charge in [-0.3, -0.25) is 9.59 Å². The second-order valence-electron chi connectivity index (χ2n) is 7.97. The first-order valence-electron chi connectivity index (χ1n) is 10.4. The topological polar surface area (TPSA) is 78.5 Å². The number of hydrogen-bond donors (Lipinski definition) is 2. The van der Waals surface area contributed by atoms with E-state index in [1.165, 1.54) is 6.92 Å². The third-order valence-corrected chi connectivity index (χ3v) is 5.54. The Labute approximate surface area is 177 Å². The Morgan fingerprint density at radius 2 is 1.70 bits per heavy atom. The number of benzene rings is 2. The average Bonchev–Trinajstić information content (AvgIpc) is 2.73. The molecular weight excluding hydrogens is 378 g/mol. The Balaban J connectivity index is 1.53. The summed E-state index contributed by atoms with van der Waals surface area (Å²) in [5.41, 5.74) is 3.50. The largest absolute Gasteiger partial charge is 0.331 e. The lowest BCUT2D eigenvalue weighted by molar-refractivity contribution is -0.114. The van der Waals surface area contributed by atoms with Crippen molar-refractivity contribution in [3.05, 3.63) is 65.2 Å². The molecule has 6 heteroatoms. The number of ketones is 1. The van der Waals surface area contributed by atoms with Gasteiger partial charge in [0.05, 0.1) is 6.04 Å². The van der Waals surface area contributed by atoms with Gasteiger partial charge in [-0.25, -0.2) is 4.79 Å². The Morgan fingerprint density at radius 1 is 1.03 bits per heavy atom. The Morgan fingerprint density at radius 3 is 2.33 bits per heavy atom. The minimum absolute atomic E-state index is 0.0384. The van der Waals surface area contributed by atoms with Crippen molar-refractivity contribution in [2.75, 3.05) is 18.4 Å². The van der Waals surface area contributed by atoms with Crippen molar-refractivity contribution < 1.29 is 14.4 Å². The molecule has 3 amide bonds.